The van der Waals surface area contributed by atoms with Gasteiger partial charge in [-0.3, -0.25) is 4.98 Å². The number of hydrogen-bond donors (Lipinski definition) is 1. The summed E-state index contributed by atoms with van der Waals surface area (Å²) in [7, 11) is 0. The standard InChI is InChI=1S/C12H11BrClN3/c1-8(9-3-2-4-15-6-9)17-12-11(14)5-10(13)7-16-12/h2-8H,1H3,(H,16,17). The molecule has 0 aliphatic carbocycles. The first-order valence-electron chi connectivity index (χ1n) is 5.14. The first-order valence-corrected chi connectivity index (χ1v) is 6.31. The van der Waals surface area contributed by atoms with Crippen LogP contribution < -0.4 is 5.32 Å². The Morgan fingerprint density at radius 2 is 2.24 bits per heavy atom. The Morgan fingerprint density at radius 1 is 1.41 bits per heavy atom. The number of rotatable bonds is 3. The summed E-state index contributed by atoms with van der Waals surface area (Å²) < 4.78 is 0.863. The topological polar surface area (TPSA) is 37.8 Å². The minimum Gasteiger partial charge on any atom is -0.362 e. The van der Waals surface area contributed by atoms with E-state index in [1.54, 1.807) is 12.4 Å². The van der Waals surface area contributed by atoms with Gasteiger partial charge < -0.3 is 5.32 Å². The molecule has 0 saturated carbocycles. The number of nitrogens with one attached hydrogen (secondary N) is 1. The molecule has 2 aromatic rings. The monoisotopic (exact) mass is 311 g/mol. The molecule has 88 valence electrons. The zero-order valence-electron chi connectivity index (χ0n) is 9.19. The molecule has 2 rings (SSSR count). The van der Waals surface area contributed by atoms with Crippen LogP contribution in [-0.2, 0) is 0 Å². The van der Waals surface area contributed by atoms with Crippen LogP contribution in [0, 0.1) is 0 Å². The van der Waals surface area contributed by atoms with E-state index in [0.29, 0.717) is 10.8 Å². The number of hydrogen-bond acceptors (Lipinski definition) is 3. The fourth-order valence-corrected chi connectivity index (χ4v) is 2.13. The van der Waals surface area contributed by atoms with Crippen molar-refractivity contribution >= 4 is 33.3 Å². The maximum atomic E-state index is 6.09. The highest BCUT2D eigenvalue weighted by molar-refractivity contribution is 9.10. The van der Waals surface area contributed by atoms with Gasteiger partial charge in [0, 0.05) is 23.1 Å². The largest absolute Gasteiger partial charge is 0.362 e. The summed E-state index contributed by atoms with van der Waals surface area (Å²) >= 11 is 9.41. The molecule has 2 aromatic heterocycles. The molecule has 0 fully saturated rings. The predicted octanol–water partition coefficient (Wildman–Crippen LogP) is 4.07. The molecule has 1 atom stereocenters. The number of nitrogens with zero attached hydrogens (tertiary/aromatic N) is 2. The minimum atomic E-state index is 0.106. The molecule has 0 aliphatic heterocycles. The van der Waals surface area contributed by atoms with Gasteiger partial charge in [-0.2, -0.15) is 0 Å². The lowest BCUT2D eigenvalue weighted by molar-refractivity contribution is 0.866. The van der Waals surface area contributed by atoms with Crippen LogP contribution >= 0.6 is 27.5 Å². The van der Waals surface area contributed by atoms with Crippen LogP contribution in [0.2, 0.25) is 5.02 Å². The van der Waals surface area contributed by atoms with E-state index in [1.807, 2.05) is 31.3 Å². The molecular weight excluding hydrogens is 302 g/mol. The molecule has 3 nitrogen and oxygen atoms in total. The first kappa shape index (κ1) is 12.3. The van der Waals surface area contributed by atoms with E-state index >= 15 is 0 Å². The predicted molar refractivity (Wildman–Crippen MR) is 73.2 cm³/mol. The van der Waals surface area contributed by atoms with Crippen LogP contribution in [0.3, 0.4) is 0 Å². The van der Waals surface area contributed by atoms with E-state index < -0.39 is 0 Å². The second kappa shape index (κ2) is 5.47. The van der Waals surface area contributed by atoms with Crippen molar-refractivity contribution in [1.82, 2.24) is 9.97 Å². The third kappa shape index (κ3) is 3.17. The zero-order valence-corrected chi connectivity index (χ0v) is 11.5. The maximum Gasteiger partial charge on any atom is 0.145 e. The molecule has 0 aromatic carbocycles. The molecule has 5 heteroatoms. The minimum absolute atomic E-state index is 0.106. The first-order chi connectivity index (χ1) is 8.16. The fraction of sp³-hybridized carbons (Fsp3) is 0.167. The summed E-state index contributed by atoms with van der Waals surface area (Å²) in [4.78, 5) is 8.32. The van der Waals surface area contributed by atoms with E-state index in [2.05, 4.69) is 31.2 Å². The summed E-state index contributed by atoms with van der Waals surface area (Å²) in [5, 5.41) is 3.84. The lowest BCUT2D eigenvalue weighted by atomic mass is 10.1. The van der Waals surface area contributed by atoms with Crippen molar-refractivity contribution < 1.29 is 0 Å². The Morgan fingerprint density at radius 3 is 2.88 bits per heavy atom. The Bertz CT molecular complexity index is 504. The fourth-order valence-electron chi connectivity index (χ4n) is 1.44. The molecule has 0 spiro atoms. The van der Waals surface area contributed by atoms with E-state index in [4.69, 9.17) is 11.6 Å². The van der Waals surface area contributed by atoms with Gasteiger partial charge >= 0.3 is 0 Å². The highest BCUT2D eigenvalue weighted by atomic mass is 79.9. The van der Waals surface area contributed by atoms with Crippen LogP contribution in [0.1, 0.15) is 18.5 Å². The van der Waals surface area contributed by atoms with Gasteiger partial charge in [0.2, 0.25) is 0 Å². The van der Waals surface area contributed by atoms with Gasteiger partial charge in [-0.1, -0.05) is 17.7 Å². The zero-order chi connectivity index (χ0) is 12.3. The van der Waals surface area contributed by atoms with E-state index in [0.717, 1.165) is 10.0 Å². The molecule has 2 heterocycles. The van der Waals surface area contributed by atoms with Crippen LogP contribution in [0.15, 0.2) is 41.3 Å². The summed E-state index contributed by atoms with van der Waals surface area (Å²) in [5.74, 6) is 0.672. The Kier molecular flexibility index (Phi) is 3.97. The molecule has 1 N–H and O–H groups in total. The maximum absolute atomic E-state index is 6.09. The van der Waals surface area contributed by atoms with Crippen LogP contribution in [-0.4, -0.2) is 9.97 Å². The van der Waals surface area contributed by atoms with Gasteiger partial charge in [0.15, 0.2) is 0 Å². The van der Waals surface area contributed by atoms with Gasteiger partial charge in [0.05, 0.1) is 11.1 Å². The van der Waals surface area contributed by atoms with Gasteiger partial charge in [-0.15, -0.1) is 0 Å². The Hall–Kier alpha value is -1.13. The van der Waals surface area contributed by atoms with E-state index in [9.17, 15) is 0 Å². The van der Waals surface area contributed by atoms with Gasteiger partial charge in [0.25, 0.3) is 0 Å². The van der Waals surface area contributed by atoms with Crippen molar-refractivity contribution in [1.29, 1.82) is 0 Å². The number of halogens is 2. The normalized spacial score (nSPS) is 12.2. The van der Waals surface area contributed by atoms with Crippen molar-refractivity contribution in [2.45, 2.75) is 13.0 Å². The second-order valence-electron chi connectivity index (χ2n) is 3.64. The average Bonchev–Trinajstić information content (AvgIpc) is 2.34. The van der Waals surface area contributed by atoms with Gasteiger partial charge in [-0.05, 0) is 40.5 Å². The van der Waals surface area contributed by atoms with Crippen molar-refractivity contribution in [3.63, 3.8) is 0 Å². The van der Waals surface area contributed by atoms with Gasteiger partial charge in [0.1, 0.15) is 5.82 Å². The lowest BCUT2D eigenvalue weighted by Crippen LogP contribution is -2.08. The smallest absolute Gasteiger partial charge is 0.145 e. The molecule has 0 radical (unpaired) electrons. The van der Waals surface area contributed by atoms with Crippen molar-refractivity contribution in [2.24, 2.45) is 0 Å². The Labute approximate surface area is 113 Å². The number of aromatic nitrogens is 2. The molecule has 0 aliphatic rings. The molecule has 1 unspecified atom stereocenters. The molecule has 0 saturated heterocycles. The second-order valence-corrected chi connectivity index (χ2v) is 4.96. The third-order valence-electron chi connectivity index (χ3n) is 2.35. The highest BCUT2D eigenvalue weighted by Crippen LogP contribution is 2.26. The highest BCUT2D eigenvalue weighted by Gasteiger charge is 2.08. The van der Waals surface area contributed by atoms with Crippen molar-refractivity contribution in [3.8, 4) is 0 Å². The van der Waals surface area contributed by atoms with Crippen molar-refractivity contribution in [3.05, 3.63) is 51.8 Å². The lowest BCUT2D eigenvalue weighted by Gasteiger charge is -2.15. The van der Waals surface area contributed by atoms with Crippen LogP contribution in [0.4, 0.5) is 5.82 Å². The third-order valence-corrected chi connectivity index (χ3v) is 3.07. The quantitative estimate of drug-likeness (QED) is 0.928. The summed E-state index contributed by atoms with van der Waals surface area (Å²) in [6, 6.07) is 5.84. The van der Waals surface area contributed by atoms with Gasteiger partial charge in [-0.25, -0.2) is 4.98 Å². The summed E-state index contributed by atoms with van der Waals surface area (Å²) in [5.41, 5.74) is 1.09. The molecular formula is C12H11BrClN3. The van der Waals surface area contributed by atoms with Crippen molar-refractivity contribution in [2.75, 3.05) is 5.32 Å². The van der Waals surface area contributed by atoms with E-state index in [-0.39, 0.29) is 6.04 Å². The summed E-state index contributed by atoms with van der Waals surface area (Å²) in [6.07, 6.45) is 5.29. The summed E-state index contributed by atoms with van der Waals surface area (Å²) in [6.45, 7) is 2.04. The molecule has 17 heavy (non-hydrogen) atoms. The molecule has 0 bridgehead atoms. The average molecular weight is 313 g/mol. The van der Waals surface area contributed by atoms with Crippen LogP contribution in [0.25, 0.3) is 0 Å². The molecule has 0 amide bonds. The van der Waals surface area contributed by atoms with Crippen LogP contribution in [0.5, 0.6) is 0 Å². The SMILES string of the molecule is CC(Nc1ncc(Br)cc1Cl)c1cccnc1. The van der Waals surface area contributed by atoms with E-state index in [1.165, 1.54) is 0 Å². The number of anilines is 1. The number of pyridine rings is 2. The Balaban J connectivity index is 2.16.